The first-order valence-corrected chi connectivity index (χ1v) is 9.16. The summed E-state index contributed by atoms with van der Waals surface area (Å²) in [4.78, 5) is 10.6. The molecule has 2 rings (SSSR count). The van der Waals surface area contributed by atoms with Gasteiger partial charge in [0.15, 0.2) is 0 Å². The van der Waals surface area contributed by atoms with Crippen molar-refractivity contribution < 1.29 is 18.3 Å². The van der Waals surface area contributed by atoms with Crippen molar-refractivity contribution in [1.82, 2.24) is 14.5 Å². The fraction of sp³-hybridized carbons (Fsp3) is 0.667. The Bertz CT molecular complexity index is 606. The van der Waals surface area contributed by atoms with E-state index in [1.807, 2.05) is 0 Å². The van der Waals surface area contributed by atoms with E-state index in [0.29, 0.717) is 6.54 Å². The van der Waals surface area contributed by atoms with E-state index >= 15 is 0 Å². The number of carboxylic acid groups (broad SMARTS) is 1. The minimum absolute atomic E-state index is 0.0492. The van der Waals surface area contributed by atoms with Crippen molar-refractivity contribution in [3.8, 4) is 0 Å². The number of hydrogen-bond acceptors (Lipinski definition) is 5. The van der Waals surface area contributed by atoms with Crippen LogP contribution in [0.3, 0.4) is 0 Å². The zero-order valence-corrected chi connectivity index (χ0v) is 13.4. The number of aliphatic carboxylic acids is 1. The molecule has 0 saturated carbocycles. The molecule has 1 aromatic heterocycles. The van der Waals surface area contributed by atoms with E-state index in [-0.39, 0.29) is 22.6 Å². The molecular formula is C12H19N3O4S2. The lowest BCUT2D eigenvalue weighted by Gasteiger charge is -2.22. The molecule has 1 unspecified atom stereocenters. The van der Waals surface area contributed by atoms with Crippen molar-refractivity contribution in [2.45, 2.75) is 42.4 Å². The number of sulfonamides is 1. The van der Waals surface area contributed by atoms with Crippen molar-refractivity contribution in [2.75, 3.05) is 12.3 Å². The van der Waals surface area contributed by atoms with Crippen LogP contribution in [0.5, 0.6) is 0 Å². The van der Waals surface area contributed by atoms with Crippen LogP contribution in [0.25, 0.3) is 0 Å². The van der Waals surface area contributed by atoms with Crippen molar-refractivity contribution in [3.05, 3.63) is 12.4 Å². The number of aromatic nitrogens is 2. The second-order valence-electron chi connectivity index (χ2n) is 5.31. The third-order valence-electron chi connectivity index (χ3n) is 3.41. The second-order valence-corrected chi connectivity index (χ2v) is 8.76. The number of nitrogens with one attached hydrogen (secondary N) is 1. The molecular weight excluding hydrogens is 314 g/mol. The maximum Gasteiger partial charge on any atom is 0.305 e. The number of aryl methyl sites for hydroxylation is 1. The molecule has 7 nitrogen and oxygen atoms in total. The van der Waals surface area contributed by atoms with E-state index in [4.69, 9.17) is 5.11 Å². The Morgan fingerprint density at radius 3 is 3.00 bits per heavy atom. The first-order valence-electron chi connectivity index (χ1n) is 6.69. The van der Waals surface area contributed by atoms with Crippen LogP contribution in [0.2, 0.25) is 0 Å². The predicted octanol–water partition coefficient (Wildman–Crippen LogP) is 0.922. The molecule has 0 amide bonds. The normalized spacial score (nSPS) is 22.5. The molecule has 0 radical (unpaired) electrons. The Kier molecular flexibility index (Phi) is 4.95. The van der Waals surface area contributed by atoms with Crippen LogP contribution in [0.1, 0.15) is 26.2 Å². The van der Waals surface area contributed by atoms with Gasteiger partial charge in [0.2, 0.25) is 10.0 Å². The van der Waals surface area contributed by atoms with Gasteiger partial charge in [0.1, 0.15) is 4.90 Å². The minimum atomic E-state index is -3.60. The molecule has 1 aromatic rings. The van der Waals surface area contributed by atoms with Gasteiger partial charge in [-0.25, -0.2) is 13.1 Å². The van der Waals surface area contributed by atoms with Crippen molar-refractivity contribution in [3.63, 3.8) is 0 Å². The largest absolute Gasteiger partial charge is 0.481 e. The maximum absolute atomic E-state index is 12.2. The molecule has 0 aromatic carbocycles. The predicted molar refractivity (Wildman–Crippen MR) is 79.8 cm³/mol. The molecule has 1 aliphatic heterocycles. The summed E-state index contributed by atoms with van der Waals surface area (Å²) in [6.45, 7) is 2.60. The molecule has 21 heavy (non-hydrogen) atoms. The Labute approximate surface area is 128 Å². The minimum Gasteiger partial charge on any atom is -0.481 e. The highest BCUT2D eigenvalue weighted by molar-refractivity contribution is 8.01. The molecule has 0 spiro atoms. The average Bonchev–Trinajstić information content (AvgIpc) is 3.04. The van der Waals surface area contributed by atoms with Crippen LogP contribution >= 0.6 is 11.8 Å². The van der Waals surface area contributed by atoms with E-state index in [0.717, 1.165) is 18.6 Å². The molecule has 0 bridgehead atoms. The highest BCUT2D eigenvalue weighted by Gasteiger charge is 2.31. The van der Waals surface area contributed by atoms with E-state index < -0.39 is 16.0 Å². The molecule has 2 heterocycles. The number of carbonyl (C=O) groups is 1. The monoisotopic (exact) mass is 333 g/mol. The van der Waals surface area contributed by atoms with Gasteiger partial charge in [-0.3, -0.25) is 9.48 Å². The second kappa shape index (κ2) is 6.37. The molecule has 1 saturated heterocycles. The molecule has 0 aliphatic carbocycles. The van der Waals surface area contributed by atoms with Crippen LogP contribution in [-0.4, -0.2) is 46.3 Å². The van der Waals surface area contributed by atoms with E-state index in [2.05, 4.69) is 16.7 Å². The summed E-state index contributed by atoms with van der Waals surface area (Å²) in [5, 5.41) is 12.5. The van der Waals surface area contributed by atoms with Crippen molar-refractivity contribution in [1.29, 1.82) is 0 Å². The quantitative estimate of drug-likeness (QED) is 0.769. The Hall–Kier alpha value is -1.06. The average molecular weight is 333 g/mol. The van der Waals surface area contributed by atoms with Gasteiger partial charge in [-0.2, -0.15) is 16.9 Å². The summed E-state index contributed by atoms with van der Waals surface area (Å²) in [5.41, 5.74) is 0. The number of carboxylic acids is 1. The fourth-order valence-electron chi connectivity index (χ4n) is 2.12. The maximum atomic E-state index is 12.2. The molecule has 1 aliphatic rings. The van der Waals surface area contributed by atoms with Gasteiger partial charge in [0.25, 0.3) is 0 Å². The summed E-state index contributed by atoms with van der Waals surface area (Å²) in [6, 6.07) is 0. The lowest BCUT2D eigenvalue weighted by Crippen LogP contribution is -2.36. The summed E-state index contributed by atoms with van der Waals surface area (Å²) >= 11 is 1.78. The summed E-state index contributed by atoms with van der Waals surface area (Å²) in [5.74, 6) is 0.116. The zero-order valence-electron chi connectivity index (χ0n) is 11.8. The highest BCUT2D eigenvalue weighted by Crippen LogP contribution is 2.37. The first-order chi connectivity index (χ1) is 9.81. The third-order valence-corrected chi connectivity index (χ3v) is 6.31. The van der Waals surface area contributed by atoms with Crippen molar-refractivity contribution in [2.24, 2.45) is 0 Å². The molecule has 118 valence electrons. The lowest BCUT2D eigenvalue weighted by atomic mass is 10.1. The smallest absolute Gasteiger partial charge is 0.305 e. The Morgan fingerprint density at radius 2 is 2.38 bits per heavy atom. The number of nitrogens with zero attached hydrogens (tertiary/aromatic N) is 2. The Morgan fingerprint density at radius 1 is 1.62 bits per heavy atom. The molecule has 1 atom stereocenters. The van der Waals surface area contributed by atoms with Gasteiger partial charge in [0.05, 0.1) is 19.2 Å². The SMILES string of the molecule is CC1(CNS(=O)(=O)c2cnn(CCC(=O)O)c2)CCCS1. The van der Waals surface area contributed by atoms with Gasteiger partial charge in [-0.1, -0.05) is 0 Å². The van der Waals surface area contributed by atoms with Gasteiger partial charge >= 0.3 is 5.97 Å². The summed E-state index contributed by atoms with van der Waals surface area (Å²) < 4.78 is 28.3. The van der Waals surface area contributed by atoms with Gasteiger partial charge in [-0.05, 0) is 25.5 Å². The third kappa shape index (κ3) is 4.45. The van der Waals surface area contributed by atoms with E-state index in [1.165, 1.54) is 17.1 Å². The van der Waals surface area contributed by atoms with E-state index in [1.54, 1.807) is 11.8 Å². The summed E-state index contributed by atoms with van der Waals surface area (Å²) in [6.07, 6.45) is 4.61. The molecule has 1 fully saturated rings. The van der Waals surface area contributed by atoms with Crippen molar-refractivity contribution >= 4 is 27.8 Å². The van der Waals surface area contributed by atoms with Gasteiger partial charge in [0, 0.05) is 17.5 Å². The summed E-state index contributed by atoms with van der Waals surface area (Å²) in [7, 11) is -3.60. The lowest BCUT2D eigenvalue weighted by molar-refractivity contribution is -0.137. The molecule has 2 N–H and O–H groups in total. The van der Waals surface area contributed by atoms with Crippen LogP contribution in [0.15, 0.2) is 17.3 Å². The highest BCUT2D eigenvalue weighted by atomic mass is 32.2. The van der Waals surface area contributed by atoms with Crippen LogP contribution in [-0.2, 0) is 21.4 Å². The van der Waals surface area contributed by atoms with Gasteiger partial charge in [-0.15, -0.1) is 0 Å². The Balaban J connectivity index is 1.97. The van der Waals surface area contributed by atoms with Gasteiger partial charge < -0.3 is 5.11 Å². The topological polar surface area (TPSA) is 101 Å². The fourth-order valence-corrected chi connectivity index (χ4v) is 4.58. The number of rotatable bonds is 7. The van der Waals surface area contributed by atoms with Crippen LogP contribution in [0.4, 0.5) is 0 Å². The standard InChI is InChI=1S/C12H19N3O4S2/c1-12(4-2-6-20-12)9-14-21(18,19)10-7-13-15(8-10)5-3-11(16)17/h7-8,14H,2-6,9H2,1H3,(H,16,17). The molecule has 9 heteroatoms. The number of hydrogen-bond donors (Lipinski definition) is 2. The zero-order chi connectivity index (χ0) is 15.5. The first kappa shape index (κ1) is 16.3. The number of thioether (sulfide) groups is 1. The van der Waals surface area contributed by atoms with E-state index in [9.17, 15) is 13.2 Å². The van der Waals surface area contributed by atoms with Crippen LogP contribution in [0, 0.1) is 0 Å². The van der Waals surface area contributed by atoms with Crippen LogP contribution < -0.4 is 4.72 Å².